The lowest BCUT2D eigenvalue weighted by Gasteiger charge is -2.20. The Morgan fingerprint density at radius 1 is 0.264 bits per heavy atom. The summed E-state index contributed by atoms with van der Waals surface area (Å²) < 4.78 is 6.64. The van der Waals surface area contributed by atoms with E-state index in [4.69, 9.17) is 4.42 Å². The van der Waals surface area contributed by atoms with Crippen LogP contribution in [-0.4, -0.2) is 0 Å². The summed E-state index contributed by atoms with van der Waals surface area (Å²) in [4.78, 5) is 0. The van der Waals surface area contributed by atoms with Crippen molar-refractivity contribution in [3.05, 3.63) is 194 Å². The van der Waals surface area contributed by atoms with Crippen LogP contribution in [0.15, 0.2) is 199 Å². The van der Waals surface area contributed by atoms with Crippen LogP contribution in [0.25, 0.3) is 109 Å². The molecule has 0 N–H and O–H groups in total. The topological polar surface area (TPSA) is 13.1 Å². The van der Waals surface area contributed by atoms with E-state index in [1.165, 1.54) is 87.4 Å². The molecule has 0 aliphatic carbocycles. The molecule has 1 aromatic heterocycles. The standard InChI is InChI=1S/C52H32O/c1-2-12-33(13-3-1)41-25-22-35-15-7-9-19-40(35)50(41)44-21-11-10-20-42(44)45-26-24-38-30-36-16-4-5-17-37(36)31-48(38)51(45)49-32-53-52-46-27-23-34-14-6-8-18-39(34)43(46)28-29-47(49)52/h1-32H. The third-order valence-corrected chi connectivity index (χ3v) is 11.1. The van der Waals surface area contributed by atoms with Gasteiger partial charge in [0.05, 0.1) is 6.26 Å². The van der Waals surface area contributed by atoms with Gasteiger partial charge >= 0.3 is 0 Å². The maximum absolute atomic E-state index is 6.64. The molecule has 246 valence electrons. The largest absolute Gasteiger partial charge is 0.463 e. The van der Waals surface area contributed by atoms with Crippen LogP contribution >= 0.6 is 0 Å². The first-order valence-electron chi connectivity index (χ1n) is 18.2. The lowest BCUT2D eigenvalue weighted by Crippen LogP contribution is -1.94. The van der Waals surface area contributed by atoms with Gasteiger partial charge in [-0.25, -0.2) is 0 Å². The Morgan fingerprint density at radius 2 is 0.830 bits per heavy atom. The minimum Gasteiger partial charge on any atom is -0.463 e. The van der Waals surface area contributed by atoms with E-state index < -0.39 is 0 Å². The first kappa shape index (κ1) is 29.7. The van der Waals surface area contributed by atoms with Gasteiger partial charge in [-0.2, -0.15) is 0 Å². The number of benzene rings is 10. The summed E-state index contributed by atoms with van der Waals surface area (Å²) in [6.07, 6.45) is 1.99. The van der Waals surface area contributed by atoms with Crippen molar-refractivity contribution < 1.29 is 4.42 Å². The highest BCUT2D eigenvalue weighted by Gasteiger charge is 2.22. The number of rotatable bonds is 4. The fraction of sp³-hybridized carbons (Fsp3) is 0. The predicted octanol–water partition coefficient (Wildman–Crippen LogP) is 14.9. The van der Waals surface area contributed by atoms with E-state index in [0.29, 0.717) is 0 Å². The minimum absolute atomic E-state index is 0.917. The van der Waals surface area contributed by atoms with Crippen LogP contribution in [-0.2, 0) is 0 Å². The smallest absolute Gasteiger partial charge is 0.142 e. The number of furan rings is 1. The lowest BCUT2D eigenvalue weighted by atomic mass is 9.83. The molecule has 0 aliphatic rings. The maximum atomic E-state index is 6.64. The predicted molar refractivity (Wildman–Crippen MR) is 225 cm³/mol. The summed E-state index contributed by atoms with van der Waals surface area (Å²) in [6.45, 7) is 0. The summed E-state index contributed by atoms with van der Waals surface area (Å²) in [5.74, 6) is 0. The van der Waals surface area contributed by atoms with Crippen molar-refractivity contribution in [1.29, 1.82) is 0 Å². The van der Waals surface area contributed by atoms with E-state index in [-0.39, 0.29) is 0 Å². The van der Waals surface area contributed by atoms with Crippen molar-refractivity contribution in [1.82, 2.24) is 0 Å². The molecule has 0 saturated carbocycles. The normalized spacial score (nSPS) is 11.8. The quantitative estimate of drug-likeness (QED) is 0.134. The second-order valence-corrected chi connectivity index (χ2v) is 14.0. The molecule has 0 atom stereocenters. The Balaban J connectivity index is 1.24. The first-order valence-corrected chi connectivity index (χ1v) is 18.2. The zero-order valence-electron chi connectivity index (χ0n) is 28.9. The Bertz CT molecular complexity index is 3220. The van der Waals surface area contributed by atoms with Gasteiger partial charge in [0.2, 0.25) is 0 Å². The van der Waals surface area contributed by atoms with Crippen molar-refractivity contribution in [2.24, 2.45) is 0 Å². The van der Waals surface area contributed by atoms with Gasteiger partial charge in [-0.3, -0.25) is 0 Å². The fourth-order valence-corrected chi connectivity index (χ4v) is 8.66. The average molecular weight is 673 g/mol. The summed E-state index contributed by atoms with van der Waals surface area (Å²) in [7, 11) is 0. The molecule has 11 rings (SSSR count). The van der Waals surface area contributed by atoms with E-state index in [1.54, 1.807) is 0 Å². The average Bonchev–Trinajstić information content (AvgIpc) is 3.66. The van der Waals surface area contributed by atoms with Crippen molar-refractivity contribution in [2.75, 3.05) is 0 Å². The summed E-state index contributed by atoms with van der Waals surface area (Å²) in [6, 6.07) is 68.5. The van der Waals surface area contributed by atoms with Gasteiger partial charge in [0.1, 0.15) is 5.58 Å². The van der Waals surface area contributed by atoms with Gasteiger partial charge < -0.3 is 4.42 Å². The van der Waals surface area contributed by atoms with Crippen LogP contribution in [0, 0.1) is 0 Å². The maximum Gasteiger partial charge on any atom is 0.142 e. The lowest BCUT2D eigenvalue weighted by molar-refractivity contribution is 0.620. The molecule has 0 unspecified atom stereocenters. The number of hydrogen-bond acceptors (Lipinski definition) is 1. The summed E-state index contributed by atoms with van der Waals surface area (Å²) in [5.41, 5.74) is 10.4. The molecule has 0 bridgehead atoms. The zero-order chi connectivity index (χ0) is 34.9. The van der Waals surface area contributed by atoms with Gasteiger partial charge in [-0.15, -0.1) is 0 Å². The highest BCUT2D eigenvalue weighted by Crippen LogP contribution is 2.49. The van der Waals surface area contributed by atoms with E-state index >= 15 is 0 Å². The molecule has 0 aliphatic heterocycles. The number of hydrogen-bond donors (Lipinski definition) is 0. The third kappa shape index (κ3) is 4.64. The highest BCUT2D eigenvalue weighted by molar-refractivity contribution is 6.21. The molecule has 10 aromatic carbocycles. The molecule has 0 fully saturated rings. The second-order valence-electron chi connectivity index (χ2n) is 14.0. The van der Waals surface area contributed by atoms with E-state index in [1.807, 2.05) is 6.26 Å². The Kier molecular flexibility index (Phi) is 6.62. The van der Waals surface area contributed by atoms with Gasteiger partial charge in [-0.05, 0) is 106 Å². The van der Waals surface area contributed by atoms with E-state index in [9.17, 15) is 0 Å². The van der Waals surface area contributed by atoms with Gasteiger partial charge in [-0.1, -0.05) is 164 Å². The zero-order valence-corrected chi connectivity index (χ0v) is 28.9. The monoisotopic (exact) mass is 672 g/mol. The van der Waals surface area contributed by atoms with Gasteiger partial charge in [0.15, 0.2) is 0 Å². The molecule has 0 radical (unpaired) electrons. The van der Waals surface area contributed by atoms with Crippen molar-refractivity contribution in [3.8, 4) is 44.5 Å². The molecule has 1 heterocycles. The molecule has 53 heavy (non-hydrogen) atoms. The van der Waals surface area contributed by atoms with Crippen LogP contribution in [0.5, 0.6) is 0 Å². The third-order valence-electron chi connectivity index (χ3n) is 11.1. The number of fused-ring (bicyclic) bond motifs is 8. The molecule has 0 saturated heterocycles. The second kappa shape index (κ2) is 11.8. The van der Waals surface area contributed by atoms with Gasteiger partial charge in [0, 0.05) is 21.9 Å². The first-order chi connectivity index (χ1) is 26.3. The van der Waals surface area contributed by atoms with Crippen molar-refractivity contribution >= 4 is 64.8 Å². The van der Waals surface area contributed by atoms with E-state index in [2.05, 4.69) is 188 Å². The molecular weight excluding hydrogens is 641 g/mol. The molecule has 0 spiro atoms. The molecule has 1 nitrogen and oxygen atoms in total. The van der Waals surface area contributed by atoms with Gasteiger partial charge in [0.25, 0.3) is 0 Å². The minimum atomic E-state index is 0.917. The SMILES string of the molecule is c1ccc(-c2ccc3ccccc3c2-c2ccccc2-c2ccc3cc4ccccc4cc3c2-c2coc3c2ccc2c4ccccc4ccc23)cc1. The highest BCUT2D eigenvalue weighted by atomic mass is 16.3. The summed E-state index contributed by atoms with van der Waals surface area (Å²) >= 11 is 0. The van der Waals surface area contributed by atoms with Crippen LogP contribution in [0.2, 0.25) is 0 Å². The molecule has 1 heteroatoms. The van der Waals surface area contributed by atoms with Crippen LogP contribution < -0.4 is 0 Å². The van der Waals surface area contributed by atoms with E-state index in [0.717, 1.165) is 21.9 Å². The Labute approximate surface area is 307 Å². The van der Waals surface area contributed by atoms with Crippen LogP contribution in [0.1, 0.15) is 0 Å². The van der Waals surface area contributed by atoms with Crippen molar-refractivity contribution in [3.63, 3.8) is 0 Å². The summed E-state index contributed by atoms with van der Waals surface area (Å²) in [5, 5.41) is 13.2. The van der Waals surface area contributed by atoms with Crippen LogP contribution in [0.3, 0.4) is 0 Å². The van der Waals surface area contributed by atoms with Crippen molar-refractivity contribution in [2.45, 2.75) is 0 Å². The fourth-order valence-electron chi connectivity index (χ4n) is 8.66. The molecular formula is C52H32O. The van der Waals surface area contributed by atoms with Crippen LogP contribution in [0.4, 0.5) is 0 Å². The molecule has 0 amide bonds. The Morgan fingerprint density at radius 3 is 1.66 bits per heavy atom. The Hall–Kier alpha value is -6.96. The molecule has 11 aromatic rings.